The summed E-state index contributed by atoms with van der Waals surface area (Å²) in [4.78, 5) is 37.0. The number of benzene rings is 2. The fourth-order valence-corrected chi connectivity index (χ4v) is 2.88. The van der Waals surface area contributed by atoms with Crippen molar-refractivity contribution in [2.75, 3.05) is 7.11 Å². The Morgan fingerprint density at radius 3 is 2.23 bits per heavy atom. The number of alkyl carbamates (subject to hydrolysis) is 1. The van der Waals surface area contributed by atoms with Gasteiger partial charge in [0.15, 0.2) is 0 Å². The maximum Gasteiger partial charge on any atom is 0.408 e. The zero-order valence-electron chi connectivity index (χ0n) is 17.2. The molecular formula is C22H25ClN2O6. The highest BCUT2D eigenvalue weighted by Crippen LogP contribution is 2.12. The van der Waals surface area contributed by atoms with Gasteiger partial charge in [-0.1, -0.05) is 54.1 Å². The third-order valence-corrected chi connectivity index (χ3v) is 4.66. The third-order valence-electron chi connectivity index (χ3n) is 4.41. The highest BCUT2D eigenvalue weighted by molar-refractivity contribution is 6.30. The van der Waals surface area contributed by atoms with Crippen LogP contribution < -0.4 is 10.6 Å². The van der Waals surface area contributed by atoms with Gasteiger partial charge in [0, 0.05) is 11.4 Å². The lowest BCUT2D eigenvalue weighted by Gasteiger charge is -2.23. The molecule has 0 bridgehead atoms. The first-order valence-corrected chi connectivity index (χ1v) is 9.96. The molecule has 0 unspecified atom stereocenters. The Bertz CT molecular complexity index is 873. The minimum Gasteiger partial charge on any atom is -0.467 e. The molecule has 3 N–H and O–H groups in total. The lowest BCUT2D eigenvalue weighted by molar-refractivity contribution is -0.145. The molecule has 166 valence electrons. The van der Waals surface area contributed by atoms with Crippen LogP contribution in [0.5, 0.6) is 0 Å². The van der Waals surface area contributed by atoms with Crippen molar-refractivity contribution in [3.8, 4) is 0 Å². The molecule has 0 radical (unpaired) electrons. The first-order valence-electron chi connectivity index (χ1n) is 9.58. The minimum absolute atomic E-state index is 0.00216. The summed E-state index contributed by atoms with van der Waals surface area (Å²) in [6.07, 6.45) is -1.98. The van der Waals surface area contributed by atoms with Gasteiger partial charge in [0.25, 0.3) is 0 Å². The molecule has 8 nitrogen and oxygen atoms in total. The summed E-state index contributed by atoms with van der Waals surface area (Å²) in [6, 6.07) is 13.4. The summed E-state index contributed by atoms with van der Waals surface area (Å²) in [6.45, 7) is 1.34. The number of aliphatic hydroxyl groups is 1. The van der Waals surface area contributed by atoms with E-state index in [1.165, 1.54) is 14.0 Å². The van der Waals surface area contributed by atoms with Gasteiger partial charge in [0.2, 0.25) is 5.91 Å². The monoisotopic (exact) mass is 448 g/mol. The first-order chi connectivity index (χ1) is 14.8. The quantitative estimate of drug-likeness (QED) is 0.507. The molecule has 0 aromatic heterocycles. The van der Waals surface area contributed by atoms with Crippen LogP contribution in [0.15, 0.2) is 54.6 Å². The van der Waals surface area contributed by atoms with Crippen LogP contribution >= 0.6 is 11.6 Å². The highest BCUT2D eigenvalue weighted by atomic mass is 35.5. The second kappa shape index (κ2) is 11.9. The molecule has 2 aromatic rings. The Morgan fingerprint density at radius 1 is 1.00 bits per heavy atom. The molecule has 2 rings (SSSR count). The van der Waals surface area contributed by atoms with E-state index in [-0.39, 0.29) is 13.0 Å². The van der Waals surface area contributed by atoms with E-state index in [9.17, 15) is 19.5 Å². The van der Waals surface area contributed by atoms with Crippen LogP contribution in [0.25, 0.3) is 0 Å². The average Bonchev–Trinajstić information content (AvgIpc) is 2.76. The largest absolute Gasteiger partial charge is 0.467 e. The van der Waals surface area contributed by atoms with Crippen LogP contribution in [0, 0.1) is 0 Å². The van der Waals surface area contributed by atoms with Crippen molar-refractivity contribution in [3.63, 3.8) is 0 Å². The molecule has 3 atom stereocenters. The predicted molar refractivity (Wildman–Crippen MR) is 114 cm³/mol. The Balaban J connectivity index is 2.00. The Morgan fingerprint density at radius 2 is 1.65 bits per heavy atom. The van der Waals surface area contributed by atoms with Crippen molar-refractivity contribution in [2.45, 2.75) is 38.1 Å². The smallest absolute Gasteiger partial charge is 0.408 e. The molecule has 2 amide bonds. The van der Waals surface area contributed by atoms with E-state index in [1.807, 2.05) is 6.07 Å². The zero-order valence-corrected chi connectivity index (χ0v) is 18.0. The third kappa shape index (κ3) is 7.92. The number of hydrogen-bond acceptors (Lipinski definition) is 6. The lowest BCUT2D eigenvalue weighted by atomic mass is 10.0. The summed E-state index contributed by atoms with van der Waals surface area (Å²) in [5.41, 5.74) is 1.51. The van der Waals surface area contributed by atoms with Crippen molar-refractivity contribution >= 4 is 29.6 Å². The molecule has 31 heavy (non-hydrogen) atoms. The Kier molecular flexibility index (Phi) is 9.30. The number of hydrogen-bond donors (Lipinski definition) is 3. The number of carbonyl (C=O) groups excluding carboxylic acids is 3. The molecule has 0 aliphatic heterocycles. The van der Waals surface area contributed by atoms with Crippen molar-refractivity contribution in [2.24, 2.45) is 0 Å². The second-order valence-corrected chi connectivity index (χ2v) is 7.28. The standard InChI is InChI=1S/C22H25ClN2O6/c1-14(26)19(25-22(29)31-13-16-6-4-3-5-7-16)20(27)24-18(21(28)30-2)12-15-8-10-17(23)11-9-15/h3-11,14,18-19,26H,12-13H2,1-2H3,(H,24,27)(H,25,29)/t14-,18+,19+/m1/s1. The summed E-state index contributed by atoms with van der Waals surface area (Å²) < 4.78 is 9.86. The van der Waals surface area contributed by atoms with Crippen LogP contribution in [-0.2, 0) is 32.1 Å². The van der Waals surface area contributed by atoms with Crippen molar-refractivity contribution in [3.05, 3.63) is 70.7 Å². The number of ether oxygens (including phenoxy) is 2. The van der Waals surface area contributed by atoms with Crippen molar-refractivity contribution in [1.82, 2.24) is 10.6 Å². The molecule has 0 spiro atoms. The second-order valence-electron chi connectivity index (χ2n) is 6.84. The maximum absolute atomic E-state index is 12.7. The molecule has 9 heteroatoms. The average molecular weight is 449 g/mol. The van der Waals surface area contributed by atoms with E-state index in [0.717, 1.165) is 11.1 Å². The summed E-state index contributed by atoms with van der Waals surface area (Å²) >= 11 is 5.87. The number of nitrogens with one attached hydrogen (secondary N) is 2. The Labute approximate surface area is 185 Å². The number of methoxy groups -OCH3 is 1. The molecule has 0 heterocycles. The Hall–Kier alpha value is -3.10. The molecule has 0 saturated carbocycles. The van der Waals surface area contributed by atoms with Gasteiger partial charge in [-0.3, -0.25) is 4.79 Å². The van der Waals surface area contributed by atoms with Crippen LogP contribution in [0.1, 0.15) is 18.1 Å². The first kappa shape index (κ1) is 24.2. The van der Waals surface area contributed by atoms with Gasteiger partial charge < -0.3 is 25.2 Å². The number of aliphatic hydroxyl groups excluding tert-OH is 1. The fourth-order valence-electron chi connectivity index (χ4n) is 2.75. The van der Waals surface area contributed by atoms with E-state index in [0.29, 0.717) is 5.02 Å². The van der Waals surface area contributed by atoms with E-state index in [1.54, 1.807) is 48.5 Å². The van der Waals surface area contributed by atoms with Gasteiger partial charge in [0.1, 0.15) is 18.7 Å². The lowest BCUT2D eigenvalue weighted by Crippen LogP contribution is -2.56. The van der Waals surface area contributed by atoms with Gasteiger partial charge in [-0.25, -0.2) is 9.59 Å². The summed E-state index contributed by atoms with van der Waals surface area (Å²) in [5, 5.41) is 15.4. The van der Waals surface area contributed by atoms with Gasteiger partial charge >= 0.3 is 12.1 Å². The molecule has 0 fully saturated rings. The van der Waals surface area contributed by atoms with E-state index >= 15 is 0 Å². The van der Waals surface area contributed by atoms with E-state index in [4.69, 9.17) is 21.1 Å². The molecule has 0 aliphatic carbocycles. The topological polar surface area (TPSA) is 114 Å². The van der Waals surface area contributed by atoms with Crippen molar-refractivity contribution < 1.29 is 29.0 Å². The van der Waals surface area contributed by atoms with E-state index < -0.39 is 36.2 Å². The van der Waals surface area contributed by atoms with Gasteiger partial charge in [0.05, 0.1) is 13.2 Å². The molecule has 0 aliphatic rings. The number of halogens is 1. The van der Waals surface area contributed by atoms with Crippen molar-refractivity contribution in [1.29, 1.82) is 0 Å². The number of amides is 2. The molecule has 2 aromatic carbocycles. The van der Waals surface area contributed by atoms with Gasteiger partial charge in [-0.15, -0.1) is 0 Å². The predicted octanol–water partition coefficient (Wildman–Crippen LogP) is 2.22. The summed E-state index contributed by atoms with van der Waals surface area (Å²) in [5.74, 6) is -1.42. The van der Waals surface area contributed by atoms with Crippen LogP contribution in [0.2, 0.25) is 5.02 Å². The van der Waals surface area contributed by atoms with Crippen LogP contribution in [0.3, 0.4) is 0 Å². The normalized spacial score (nSPS) is 13.4. The SMILES string of the molecule is COC(=O)[C@H](Cc1ccc(Cl)cc1)NC(=O)[C@@H](NC(=O)OCc1ccccc1)[C@@H](C)O. The van der Waals surface area contributed by atoms with Crippen LogP contribution in [0.4, 0.5) is 4.79 Å². The van der Waals surface area contributed by atoms with E-state index in [2.05, 4.69) is 10.6 Å². The number of carbonyl (C=O) groups is 3. The van der Waals surface area contributed by atoms with Gasteiger partial charge in [-0.05, 0) is 30.2 Å². The van der Waals surface area contributed by atoms with Gasteiger partial charge in [-0.2, -0.15) is 0 Å². The van der Waals surface area contributed by atoms with Crippen LogP contribution in [-0.4, -0.2) is 48.4 Å². The maximum atomic E-state index is 12.7. The zero-order chi connectivity index (χ0) is 22.8. The molecular weight excluding hydrogens is 424 g/mol. The minimum atomic E-state index is -1.33. The molecule has 0 saturated heterocycles. The fraction of sp³-hybridized carbons (Fsp3) is 0.318. The number of rotatable bonds is 9. The number of esters is 1. The summed E-state index contributed by atoms with van der Waals surface area (Å²) in [7, 11) is 1.20. The highest BCUT2D eigenvalue weighted by Gasteiger charge is 2.30.